The minimum Gasteiger partial charge on any atom is -0.493 e. The normalized spacial score (nSPS) is 21.0. The Kier molecular flexibility index (Phi) is 1.81. The molecule has 1 aromatic carbocycles. The van der Waals surface area contributed by atoms with E-state index in [-0.39, 0.29) is 5.92 Å². The van der Waals surface area contributed by atoms with E-state index in [2.05, 4.69) is 0 Å². The van der Waals surface area contributed by atoms with Crippen molar-refractivity contribution < 1.29 is 9.84 Å². The van der Waals surface area contributed by atoms with Crippen LogP contribution < -0.4 is 4.74 Å². The largest absolute Gasteiger partial charge is 0.493 e. The molecule has 70 valence electrons. The number of fused-ring (bicyclic) bond motifs is 1. The maximum atomic E-state index is 9.88. The smallest absolute Gasteiger partial charge is 0.123 e. The van der Waals surface area contributed by atoms with Crippen molar-refractivity contribution in [2.45, 2.75) is 25.4 Å². The molecule has 0 radical (unpaired) electrons. The molecule has 2 rings (SSSR count). The van der Waals surface area contributed by atoms with Crippen LogP contribution in [-0.2, 0) is 0 Å². The summed E-state index contributed by atoms with van der Waals surface area (Å²) in [7, 11) is 0. The third-order valence-corrected chi connectivity index (χ3v) is 2.55. The maximum Gasteiger partial charge on any atom is 0.123 e. The predicted octanol–water partition coefficient (Wildman–Crippen LogP) is 1.93. The van der Waals surface area contributed by atoms with Gasteiger partial charge in [0, 0.05) is 11.5 Å². The molecule has 0 fully saturated rings. The van der Waals surface area contributed by atoms with Crippen molar-refractivity contribution in [3.63, 3.8) is 0 Å². The van der Waals surface area contributed by atoms with Crippen molar-refractivity contribution in [3.8, 4) is 5.75 Å². The second kappa shape index (κ2) is 2.74. The van der Waals surface area contributed by atoms with E-state index in [1.54, 1.807) is 0 Å². The second-order valence-electron chi connectivity index (χ2n) is 4.06. The van der Waals surface area contributed by atoms with E-state index in [4.69, 9.17) is 4.74 Å². The Labute approximate surface area is 78.2 Å². The van der Waals surface area contributed by atoms with Gasteiger partial charge in [-0.1, -0.05) is 18.2 Å². The Morgan fingerprint density at radius 2 is 2.08 bits per heavy atom. The molecule has 1 atom stereocenters. The van der Waals surface area contributed by atoms with Gasteiger partial charge in [-0.25, -0.2) is 0 Å². The average Bonchev–Trinajstić information content (AvgIpc) is 2.45. The average molecular weight is 178 g/mol. The highest BCUT2D eigenvalue weighted by atomic mass is 16.5. The molecular weight excluding hydrogens is 164 g/mol. The predicted molar refractivity (Wildman–Crippen MR) is 51.0 cm³/mol. The minimum atomic E-state index is -0.702. The molecule has 0 saturated heterocycles. The van der Waals surface area contributed by atoms with E-state index in [1.165, 1.54) is 0 Å². The topological polar surface area (TPSA) is 29.5 Å². The van der Waals surface area contributed by atoms with Gasteiger partial charge in [-0.3, -0.25) is 0 Å². The van der Waals surface area contributed by atoms with Gasteiger partial charge in [-0.2, -0.15) is 0 Å². The number of ether oxygens (including phenoxy) is 1. The quantitative estimate of drug-likeness (QED) is 0.712. The van der Waals surface area contributed by atoms with E-state index in [9.17, 15) is 5.11 Å². The van der Waals surface area contributed by atoms with E-state index < -0.39 is 5.60 Å². The van der Waals surface area contributed by atoms with Gasteiger partial charge in [-0.15, -0.1) is 0 Å². The van der Waals surface area contributed by atoms with Gasteiger partial charge in [0.2, 0.25) is 0 Å². The second-order valence-corrected chi connectivity index (χ2v) is 4.06. The lowest BCUT2D eigenvalue weighted by molar-refractivity contribution is 0.0422. The van der Waals surface area contributed by atoms with Crippen molar-refractivity contribution >= 4 is 0 Å². The van der Waals surface area contributed by atoms with E-state index in [1.807, 2.05) is 38.1 Å². The van der Waals surface area contributed by atoms with Gasteiger partial charge in [0.25, 0.3) is 0 Å². The molecule has 0 saturated carbocycles. The number of hydrogen-bond donors (Lipinski definition) is 1. The number of aliphatic hydroxyl groups is 1. The summed E-state index contributed by atoms with van der Waals surface area (Å²) in [6, 6.07) is 7.89. The van der Waals surface area contributed by atoms with Crippen LogP contribution >= 0.6 is 0 Å². The summed E-state index contributed by atoms with van der Waals surface area (Å²) in [5.74, 6) is 1.01. The van der Waals surface area contributed by atoms with Crippen LogP contribution in [0.1, 0.15) is 25.3 Å². The first-order valence-electron chi connectivity index (χ1n) is 4.53. The molecule has 1 aromatic rings. The Bertz CT molecular complexity index is 312. The van der Waals surface area contributed by atoms with Gasteiger partial charge >= 0.3 is 0 Å². The molecule has 1 aliphatic heterocycles. The van der Waals surface area contributed by atoms with E-state index >= 15 is 0 Å². The van der Waals surface area contributed by atoms with E-state index in [0.29, 0.717) is 6.61 Å². The highest BCUT2D eigenvalue weighted by Crippen LogP contribution is 2.39. The fourth-order valence-corrected chi connectivity index (χ4v) is 1.75. The molecule has 0 amide bonds. The van der Waals surface area contributed by atoms with Crippen LogP contribution in [0.5, 0.6) is 5.75 Å². The molecule has 0 bridgehead atoms. The third kappa shape index (κ3) is 1.42. The van der Waals surface area contributed by atoms with Crippen LogP contribution in [0.3, 0.4) is 0 Å². The first-order valence-corrected chi connectivity index (χ1v) is 4.53. The molecule has 13 heavy (non-hydrogen) atoms. The van der Waals surface area contributed by atoms with Gasteiger partial charge in [-0.05, 0) is 19.9 Å². The first-order chi connectivity index (χ1) is 6.09. The third-order valence-electron chi connectivity index (χ3n) is 2.55. The number of hydrogen-bond acceptors (Lipinski definition) is 2. The zero-order valence-electron chi connectivity index (χ0n) is 7.95. The lowest BCUT2D eigenvalue weighted by Gasteiger charge is -2.24. The van der Waals surface area contributed by atoms with Crippen LogP contribution in [0.15, 0.2) is 24.3 Å². The molecule has 0 spiro atoms. The Hall–Kier alpha value is -1.02. The van der Waals surface area contributed by atoms with Crippen LogP contribution in [-0.4, -0.2) is 17.3 Å². The van der Waals surface area contributed by atoms with E-state index in [0.717, 1.165) is 11.3 Å². The Morgan fingerprint density at radius 3 is 2.77 bits per heavy atom. The molecule has 2 nitrogen and oxygen atoms in total. The van der Waals surface area contributed by atoms with Gasteiger partial charge < -0.3 is 9.84 Å². The molecule has 1 aliphatic rings. The lowest BCUT2D eigenvalue weighted by Crippen LogP contribution is -2.29. The van der Waals surface area contributed by atoms with Crippen LogP contribution in [0.2, 0.25) is 0 Å². The highest BCUT2D eigenvalue weighted by molar-refractivity contribution is 5.41. The number of para-hydroxylation sites is 1. The van der Waals surface area contributed by atoms with Gasteiger partial charge in [0.15, 0.2) is 0 Å². The monoisotopic (exact) mass is 178 g/mol. The zero-order chi connectivity index (χ0) is 9.47. The van der Waals surface area contributed by atoms with Crippen molar-refractivity contribution in [2.24, 2.45) is 0 Å². The first kappa shape index (κ1) is 8.57. The molecule has 1 heterocycles. The highest BCUT2D eigenvalue weighted by Gasteiger charge is 2.35. The summed E-state index contributed by atoms with van der Waals surface area (Å²) in [5.41, 5.74) is 0.419. The molecule has 1 N–H and O–H groups in total. The molecule has 0 aliphatic carbocycles. The number of benzene rings is 1. The van der Waals surface area contributed by atoms with Crippen LogP contribution in [0.25, 0.3) is 0 Å². The zero-order valence-corrected chi connectivity index (χ0v) is 7.95. The SMILES string of the molecule is CC(C)(O)C1COc2ccccc21. The summed E-state index contributed by atoms with van der Waals surface area (Å²) in [4.78, 5) is 0. The van der Waals surface area contributed by atoms with Crippen molar-refractivity contribution in [2.75, 3.05) is 6.61 Å². The van der Waals surface area contributed by atoms with Crippen molar-refractivity contribution in [1.29, 1.82) is 0 Å². The van der Waals surface area contributed by atoms with Gasteiger partial charge in [0.1, 0.15) is 5.75 Å². The summed E-state index contributed by atoms with van der Waals surface area (Å²) in [6.07, 6.45) is 0. The summed E-state index contributed by atoms with van der Waals surface area (Å²) >= 11 is 0. The van der Waals surface area contributed by atoms with Gasteiger partial charge in [0.05, 0.1) is 12.2 Å². The Morgan fingerprint density at radius 1 is 1.38 bits per heavy atom. The summed E-state index contributed by atoms with van der Waals surface area (Å²) in [5, 5.41) is 9.88. The summed E-state index contributed by atoms with van der Waals surface area (Å²) in [6.45, 7) is 4.23. The molecule has 2 heteroatoms. The summed E-state index contributed by atoms with van der Waals surface area (Å²) < 4.78 is 5.48. The van der Waals surface area contributed by atoms with Crippen LogP contribution in [0, 0.1) is 0 Å². The van der Waals surface area contributed by atoms with Crippen LogP contribution in [0.4, 0.5) is 0 Å². The molecule has 1 unspecified atom stereocenters. The Balaban J connectivity index is 2.39. The fraction of sp³-hybridized carbons (Fsp3) is 0.455. The molecule has 0 aromatic heterocycles. The lowest BCUT2D eigenvalue weighted by atomic mass is 9.86. The fourth-order valence-electron chi connectivity index (χ4n) is 1.75. The maximum absolute atomic E-state index is 9.88. The standard InChI is InChI=1S/C11H14O2/c1-11(2,12)9-7-13-10-6-4-3-5-8(9)10/h3-6,9,12H,7H2,1-2H3. The number of rotatable bonds is 1. The minimum absolute atomic E-state index is 0.101. The van der Waals surface area contributed by atoms with Crippen molar-refractivity contribution in [1.82, 2.24) is 0 Å². The molecular formula is C11H14O2. The van der Waals surface area contributed by atoms with Crippen molar-refractivity contribution in [3.05, 3.63) is 29.8 Å².